The summed E-state index contributed by atoms with van der Waals surface area (Å²) in [6, 6.07) is 8.50. The second-order valence-corrected chi connectivity index (χ2v) is 4.67. The van der Waals surface area contributed by atoms with Crippen LogP contribution in [0.4, 0.5) is 5.69 Å². The first-order chi connectivity index (χ1) is 7.90. The third-order valence-corrected chi connectivity index (χ3v) is 3.23. The van der Waals surface area contributed by atoms with Crippen LogP contribution in [0.1, 0.15) is 23.9 Å². The van der Waals surface area contributed by atoms with Crippen LogP contribution in [-0.4, -0.2) is 4.98 Å². The highest BCUT2D eigenvalue weighted by atomic mass is 32.1. The topological polar surface area (TPSA) is 24.9 Å². The minimum absolute atomic E-state index is 0.818. The average Bonchev–Trinajstić information content (AvgIpc) is 2.81. The van der Waals surface area contributed by atoms with E-state index in [1.165, 1.54) is 17.7 Å². The molecular weight excluding hydrogens is 216 g/mol. The van der Waals surface area contributed by atoms with Crippen molar-refractivity contribution in [2.45, 2.75) is 26.3 Å². The fourth-order valence-corrected chi connectivity index (χ4v) is 2.25. The Hall–Kier alpha value is -1.35. The summed E-state index contributed by atoms with van der Waals surface area (Å²) < 4.78 is 0. The van der Waals surface area contributed by atoms with Gasteiger partial charge in [0.2, 0.25) is 0 Å². The molecule has 2 aromatic rings. The van der Waals surface area contributed by atoms with Crippen molar-refractivity contribution in [1.82, 2.24) is 4.98 Å². The van der Waals surface area contributed by atoms with Gasteiger partial charge in [-0.25, -0.2) is 4.98 Å². The summed E-state index contributed by atoms with van der Waals surface area (Å²) in [6.07, 6.45) is 4.15. The van der Waals surface area contributed by atoms with E-state index in [1.54, 1.807) is 11.3 Å². The Morgan fingerprint density at radius 3 is 2.94 bits per heavy atom. The number of nitrogens with one attached hydrogen (secondary N) is 1. The number of nitrogens with zero attached hydrogens (tertiary/aromatic N) is 1. The molecular formula is C13H16N2S. The molecule has 0 fully saturated rings. The molecule has 84 valence electrons. The van der Waals surface area contributed by atoms with E-state index in [0.29, 0.717) is 0 Å². The van der Waals surface area contributed by atoms with Gasteiger partial charge in [-0.3, -0.25) is 0 Å². The third kappa shape index (κ3) is 2.83. The molecule has 0 aliphatic carbocycles. The zero-order chi connectivity index (χ0) is 11.2. The van der Waals surface area contributed by atoms with E-state index < -0.39 is 0 Å². The molecule has 1 heterocycles. The van der Waals surface area contributed by atoms with E-state index in [4.69, 9.17) is 0 Å². The van der Waals surface area contributed by atoms with Crippen LogP contribution in [0.25, 0.3) is 0 Å². The van der Waals surface area contributed by atoms with Crippen molar-refractivity contribution >= 4 is 17.0 Å². The number of rotatable bonds is 5. The first-order valence-corrected chi connectivity index (χ1v) is 6.48. The normalized spacial score (nSPS) is 10.3. The van der Waals surface area contributed by atoms with E-state index in [1.807, 2.05) is 11.6 Å². The molecule has 0 atom stereocenters. The molecule has 0 saturated carbocycles. The Bertz CT molecular complexity index is 423. The molecule has 0 spiro atoms. The summed E-state index contributed by atoms with van der Waals surface area (Å²) in [7, 11) is 0. The Morgan fingerprint density at radius 2 is 2.19 bits per heavy atom. The lowest BCUT2D eigenvalue weighted by molar-refractivity contribution is 0.919. The van der Waals surface area contributed by atoms with Crippen molar-refractivity contribution < 1.29 is 0 Å². The van der Waals surface area contributed by atoms with Gasteiger partial charge in [0, 0.05) is 17.3 Å². The predicted octanol–water partition coefficient (Wildman–Crippen LogP) is 3.71. The van der Waals surface area contributed by atoms with Crippen LogP contribution in [0, 0.1) is 0 Å². The molecule has 0 bridgehead atoms. The first kappa shape index (κ1) is 11.1. The van der Waals surface area contributed by atoms with Crippen molar-refractivity contribution in [2.24, 2.45) is 0 Å². The molecule has 2 rings (SSSR count). The number of thiazole rings is 1. The zero-order valence-corrected chi connectivity index (χ0v) is 10.3. The number of aryl methyl sites for hydroxylation is 1. The Morgan fingerprint density at radius 1 is 1.31 bits per heavy atom. The summed E-state index contributed by atoms with van der Waals surface area (Å²) in [5.74, 6) is 0. The standard InChI is InChI=1S/C13H16N2S/c1-2-5-11-6-3-4-7-12(11)15-10-13-14-8-9-16-13/h3-4,6-9,15H,2,5,10H2,1H3. The quantitative estimate of drug-likeness (QED) is 0.850. The molecule has 1 aromatic heterocycles. The van der Waals surface area contributed by atoms with Gasteiger partial charge in [-0.15, -0.1) is 11.3 Å². The van der Waals surface area contributed by atoms with Crippen molar-refractivity contribution in [1.29, 1.82) is 0 Å². The van der Waals surface area contributed by atoms with Gasteiger partial charge in [0.1, 0.15) is 5.01 Å². The molecule has 3 heteroatoms. The number of hydrogen-bond donors (Lipinski definition) is 1. The van der Waals surface area contributed by atoms with Gasteiger partial charge in [0.05, 0.1) is 6.54 Å². The molecule has 0 aliphatic rings. The zero-order valence-electron chi connectivity index (χ0n) is 9.44. The van der Waals surface area contributed by atoms with E-state index in [0.717, 1.165) is 18.0 Å². The summed E-state index contributed by atoms with van der Waals surface area (Å²) in [5.41, 5.74) is 2.63. The van der Waals surface area contributed by atoms with Crippen molar-refractivity contribution in [3.63, 3.8) is 0 Å². The minimum Gasteiger partial charge on any atom is -0.378 e. The Labute approximate surface area is 100 Å². The lowest BCUT2D eigenvalue weighted by Gasteiger charge is -2.09. The largest absolute Gasteiger partial charge is 0.378 e. The fourth-order valence-electron chi connectivity index (χ4n) is 1.69. The van der Waals surface area contributed by atoms with Crippen LogP contribution in [0.3, 0.4) is 0 Å². The van der Waals surface area contributed by atoms with Gasteiger partial charge in [-0.05, 0) is 18.1 Å². The highest BCUT2D eigenvalue weighted by Crippen LogP contribution is 2.18. The second kappa shape index (κ2) is 5.66. The molecule has 2 nitrogen and oxygen atoms in total. The summed E-state index contributed by atoms with van der Waals surface area (Å²) >= 11 is 1.69. The van der Waals surface area contributed by atoms with Crippen LogP contribution < -0.4 is 5.32 Å². The van der Waals surface area contributed by atoms with Gasteiger partial charge in [-0.2, -0.15) is 0 Å². The van der Waals surface area contributed by atoms with Gasteiger partial charge in [-0.1, -0.05) is 31.5 Å². The lowest BCUT2D eigenvalue weighted by atomic mass is 10.1. The van der Waals surface area contributed by atoms with E-state index in [-0.39, 0.29) is 0 Å². The number of aromatic nitrogens is 1. The van der Waals surface area contributed by atoms with E-state index in [2.05, 4.69) is 41.5 Å². The highest BCUT2D eigenvalue weighted by molar-refractivity contribution is 7.09. The maximum atomic E-state index is 4.26. The minimum atomic E-state index is 0.818. The van der Waals surface area contributed by atoms with Gasteiger partial charge in [0.15, 0.2) is 0 Å². The monoisotopic (exact) mass is 232 g/mol. The van der Waals surface area contributed by atoms with Gasteiger partial charge < -0.3 is 5.32 Å². The molecule has 0 amide bonds. The molecule has 1 aromatic carbocycles. The van der Waals surface area contributed by atoms with Crippen LogP contribution in [-0.2, 0) is 13.0 Å². The molecule has 1 N–H and O–H groups in total. The Kier molecular flexibility index (Phi) is 3.94. The lowest BCUT2D eigenvalue weighted by Crippen LogP contribution is -2.01. The SMILES string of the molecule is CCCc1ccccc1NCc1nccs1. The summed E-state index contributed by atoms with van der Waals surface area (Å²) in [4.78, 5) is 4.26. The third-order valence-electron chi connectivity index (χ3n) is 2.45. The first-order valence-electron chi connectivity index (χ1n) is 5.60. The summed E-state index contributed by atoms with van der Waals surface area (Å²) in [5, 5.41) is 6.59. The van der Waals surface area contributed by atoms with Crippen LogP contribution in [0.15, 0.2) is 35.8 Å². The second-order valence-electron chi connectivity index (χ2n) is 3.69. The molecule has 0 aliphatic heterocycles. The summed E-state index contributed by atoms with van der Waals surface area (Å²) in [6.45, 7) is 3.02. The fraction of sp³-hybridized carbons (Fsp3) is 0.308. The predicted molar refractivity (Wildman–Crippen MR) is 69.9 cm³/mol. The number of benzene rings is 1. The van der Waals surface area contributed by atoms with Crippen LogP contribution in [0.2, 0.25) is 0 Å². The Balaban J connectivity index is 2.03. The molecule has 16 heavy (non-hydrogen) atoms. The molecule has 0 saturated heterocycles. The number of para-hydroxylation sites is 1. The highest BCUT2D eigenvalue weighted by Gasteiger charge is 2.01. The van der Waals surface area contributed by atoms with E-state index >= 15 is 0 Å². The maximum absolute atomic E-state index is 4.26. The van der Waals surface area contributed by atoms with Crippen LogP contribution >= 0.6 is 11.3 Å². The smallest absolute Gasteiger partial charge is 0.112 e. The molecule has 0 radical (unpaired) electrons. The van der Waals surface area contributed by atoms with Crippen molar-refractivity contribution in [3.05, 3.63) is 46.4 Å². The van der Waals surface area contributed by atoms with Crippen molar-refractivity contribution in [3.8, 4) is 0 Å². The number of anilines is 1. The van der Waals surface area contributed by atoms with E-state index in [9.17, 15) is 0 Å². The average molecular weight is 232 g/mol. The van der Waals surface area contributed by atoms with Crippen LogP contribution in [0.5, 0.6) is 0 Å². The number of hydrogen-bond acceptors (Lipinski definition) is 3. The van der Waals surface area contributed by atoms with Gasteiger partial charge >= 0.3 is 0 Å². The van der Waals surface area contributed by atoms with Gasteiger partial charge in [0.25, 0.3) is 0 Å². The molecule has 0 unspecified atom stereocenters. The maximum Gasteiger partial charge on any atom is 0.112 e. The van der Waals surface area contributed by atoms with Crippen molar-refractivity contribution in [2.75, 3.05) is 5.32 Å².